The van der Waals surface area contributed by atoms with Gasteiger partial charge in [-0.15, -0.1) is 0 Å². The summed E-state index contributed by atoms with van der Waals surface area (Å²) < 4.78 is 0. The van der Waals surface area contributed by atoms with Crippen molar-refractivity contribution in [3.8, 4) is 0 Å². The Balaban J connectivity index is 1.73. The average molecular weight is 321 g/mol. The third-order valence-corrected chi connectivity index (χ3v) is 5.63. The van der Waals surface area contributed by atoms with Gasteiger partial charge in [-0.1, -0.05) is 27.7 Å². The lowest BCUT2D eigenvalue weighted by Gasteiger charge is -2.44. The largest absolute Gasteiger partial charge is 0.326 e. The Kier molecular flexibility index (Phi) is 4.20. The molecule has 3 aliphatic rings. The molecule has 5 heteroatoms. The van der Waals surface area contributed by atoms with Gasteiger partial charge in [-0.3, -0.25) is 9.69 Å². The Bertz CT molecular complexity index is 500. The van der Waals surface area contributed by atoms with Crippen LogP contribution >= 0.6 is 0 Å². The summed E-state index contributed by atoms with van der Waals surface area (Å²) in [6, 6.07) is -0.200. The fraction of sp³-hybridized carbons (Fsp3) is 0.889. The number of amides is 3. The smallest absolute Gasteiger partial charge is 0.323 e. The maximum absolute atomic E-state index is 13.1. The van der Waals surface area contributed by atoms with E-state index in [4.69, 9.17) is 0 Å². The molecular weight excluding hydrogens is 290 g/mol. The first-order chi connectivity index (χ1) is 10.7. The zero-order valence-electron chi connectivity index (χ0n) is 15.0. The number of hydrogen-bond donors (Lipinski definition) is 1. The van der Waals surface area contributed by atoms with Gasteiger partial charge < -0.3 is 5.32 Å². The molecule has 0 bridgehead atoms. The molecule has 1 spiro atoms. The third kappa shape index (κ3) is 3.39. The lowest BCUT2D eigenvalue weighted by molar-refractivity contribution is -0.136. The van der Waals surface area contributed by atoms with Crippen molar-refractivity contribution < 1.29 is 9.59 Å². The van der Waals surface area contributed by atoms with Crippen LogP contribution in [-0.2, 0) is 4.79 Å². The van der Waals surface area contributed by atoms with Crippen molar-refractivity contribution in [2.75, 3.05) is 19.8 Å². The summed E-state index contributed by atoms with van der Waals surface area (Å²) in [5.74, 6) is 1.21. The molecule has 0 aromatic rings. The Morgan fingerprint density at radius 1 is 1.26 bits per heavy atom. The summed E-state index contributed by atoms with van der Waals surface area (Å²) >= 11 is 0. The van der Waals surface area contributed by atoms with Crippen LogP contribution in [0.4, 0.5) is 4.79 Å². The summed E-state index contributed by atoms with van der Waals surface area (Å²) in [5, 5.41) is 3.06. The number of carbonyl (C=O) groups is 2. The standard InChI is InChI=1S/C18H31N3O2/c1-5-20(10-14-6-7-14)12-21-15(22)18(19-16(21)23)9-13(2)8-17(3,4)11-18/h13-14H,5-12H2,1-4H3,(H,19,23). The Morgan fingerprint density at radius 2 is 1.96 bits per heavy atom. The summed E-state index contributed by atoms with van der Waals surface area (Å²) in [7, 11) is 0. The second-order valence-corrected chi connectivity index (χ2v) is 8.85. The Morgan fingerprint density at radius 3 is 2.52 bits per heavy atom. The van der Waals surface area contributed by atoms with Gasteiger partial charge in [0, 0.05) is 6.54 Å². The van der Waals surface area contributed by atoms with E-state index in [9.17, 15) is 9.59 Å². The highest BCUT2D eigenvalue weighted by Crippen LogP contribution is 2.46. The van der Waals surface area contributed by atoms with Crippen LogP contribution in [0.2, 0.25) is 0 Å². The molecule has 130 valence electrons. The highest BCUT2D eigenvalue weighted by atomic mass is 16.2. The van der Waals surface area contributed by atoms with Crippen LogP contribution in [0.3, 0.4) is 0 Å². The monoisotopic (exact) mass is 321 g/mol. The van der Waals surface area contributed by atoms with Gasteiger partial charge >= 0.3 is 6.03 Å². The van der Waals surface area contributed by atoms with E-state index in [-0.39, 0.29) is 17.4 Å². The van der Waals surface area contributed by atoms with E-state index in [1.807, 2.05) is 0 Å². The molecule has 1 saturated heterocycles. The van der Waals surface area contributed by atoms with E-state index in [1.54, 1.807) is 0 Å². The quantitative estimate of drug-likeness (QED) is 0.792. The van der Waals surface area contributed by atoms with Crippen molar-refractivity contribution >= 4 is 11.9 Å². The lowest BCUT2D eigenvalue weighted by atomic mass is 9.64. The van der Waals surface area contributed by atoms with E-state index < -0.39 is 5.54 Å². The number of imide groups is 1. The highest BCUT2D eigenvalue weighted by Gasteiger charge is 2.56. The average Bonchev–Trinajstić information content (AvgIpc) is 3.20. The molecule has 2 saturated carbocycles. The summed E-state index contributed by atoms with van der Waals surface area (Å²) in [4.78, 5) is 29.3. The molecule has 0 radical (unpaired) electrons. The molecule has 3 rings (SSSR count). The summed E-state index contributed by atoms with van der Waals surface area (Å²) in [6.45, 7) is 11.0. The van der Waals surface area contributed by atoms with E-state index in [0.29, 0.717) is 12.6 Å². The van der Waals surface area contributed by atoms with Crippen LogP contribution in [-0.4, -0.2) is 47.0 Å². The molecule has 3 fully saturated rings. The van der Waals surface area contributed by atoms with Crippen LogP contribution in [0.15, 0.2) is 0 Å². The molecule has 1 heterocycles. The Labute approximate surface area is 139 Å². The predicted octanol–water partition coefficient (Wildman–Crippen LogP) is 2.81. The SMILES string of the molecule is CCN(CC1CC1)CN1C(=O)NC2(CC(C)CC(C)(C)C2)C1=O. The first-order valence-electron chi connectivity index (χ1n) is 9.11. The summed E-state index contributed by atoms with van der Waals surface area (Å²) in [6.07, 6.45) is 5.20. The van der Waals surface area contributed by atoms with Gasteiger partial charge in [0.15, 0.2) is 0 Å². The zero-order valence-corrected chi connectivity index (χ0v) is 15.0. The molecular formula is C18H31N3O2. The number of urea groups is 1. The van der Waals surface area contributed by atoms with Gasteiger partial charge in [0.2, 0.25) is 0 Å². The van der Waals surface area contributed by atoms with Crippen molar-refractivity contribution in [1.82, 2.24) is 15.1 Å². The number of carbonyl (C=O) groups excluding carboxylic acids is 2. The van der Waals surface area contributed by atoms with E-state index in [1.165, 1.54) is 17.7 Å². The van der Waals surface area contributed by atoms with Crippen molar-refractivity contribution in [2.24, 2.45) is 17.3 Å². The van der Waals surface area contributed by atoms with Crippen molar-refractivity contribution in [1.29, 1.82) is 0 Å². The van der Waals surface area contributed by atoms with Gasteiger partial charge in [-0.25, -0.2) is 9.69 Å². The maximum Gasteiger partial charge on any atom is 0.326 e. The van der Waals surface area contributed by atoms with Crippen molar-refractivity contribution in [3.05, 3.63) is 0 Å². The van der Waals surface area contributed by atoms with Crippen LogP contribution in [0.5, 0.6) is 0 Å². The fourth-order valence-electron chi connectivity index (χ4n) is 4.79. The topological polar surface area (TPSA) is 52.6 Å². The molecule has 23 heavy (non-hydrogen) atoms. The third-order valence-electron chi connectivity index (χ3n) is 5.63. The second kappa shape index (κ2) is 5.76. The van der Waals surface area contributed by atoms with Crippen molar-refractivity contribution in [3.63, 3.8) is 0 Å². The first kappa shape index (κ1) is 16.7. The number of nitrogens with zero attached hydrogens (tertiary/aromatic N) is 2. The molecule has 2 unspecified atom stereocenters. The number of nitrogens with one attached hydrogen (secondary N) is 1. The molecule has 1 aliphatic heterocycles. The zero-order chi connectivity index (χ0) is 16.8. The number of rotatable bonds is 5. The first-order valence-corrected chi connectivity index (χ1v) is 9.11. The molecule has 5 nitrogen and oxygen atoms in total. The van der Waals surface area contributed by atoms with E-state index in [2.05, 4.69) is 37.9 Å². The molecule has 0 aromatic heterocycles. The van der Waals surface area contributed by atoms with Crippen LogP contribution in [0.1, 0.15) is 59.8 Å². The maximum atomic E-state index is 13.1. The predicted molar refractivity (Wildman–Crippen MR) is 89.7 cm³/mol. The highest BCUT2D eigenvalue weighted by molar-refractivity contribution is 6.07. The molecule has 2 atom stereocenters. The summed E-state index contributed by atoms with van der Waals surface area (Å²) in [5.41, 5.74) is -0.577. The van der Waals surface area contributed by atoms with Gasteiger partial charge in [0.05, 0.1) is 6.67 Å². The lowest BCUT2D eigenvalue weighted by Crippen LogP contribution is -2.54. The number of hydrogen-bond acceptors (Lipinski definition) is 3. The Hall–Kier alpha value is -1.10. The van der Waals surface area contributed by atoms with Gasteiger partial charge in [0.1, 0.15) is 5.54 Å². The van der Waals surface area contributed by atoms with Gasteiger partial charge in [-0.05, 0) is 55.9 Å². The van der Waals surface area contributed by atoms with Crippen LogP contribution in [0.25, 0.3) is 0 Å². The minimum Gasteiger partial charge on any atom is -0.323 e. The molecule has 3 amide bonds. The normalized spacial score (nSPS) is 33.6. The minimum absolute atomic E-state index is 0.00336. The fourth-order valence-corrected chi connectivity index (χ4v) is 4.79. The minimum atomic E-state index is -0.669. The van der Waals surface area contributed by atoms with Gasteiger partial charge in [-0.2, -0.15) is 0 Å². The molecule has 1 N–H and O–H groups in total. The second-order valence-electron chi connectivity index (χ2n) is 8.85. The van der Waals surface area contributed by atoms with E-state index in [0.717, 1.165) is 38.3 Å². The van der Waals surface area contributed by atoms with Crippen LogP contribution < -0.4 is 5.32 Å². The van der Waals surface area contributed by atoms with Crippen LogP contribution in [0, 0.1) is 17.3 Å². The van der Waals surface area contributed by atoms with Crippen molar-refractivity contribution in [2.45, 2.75) is 65.3 Å². The molecule has 2 aliphatic carbocycles. The van der Waals surface area contributed by atoms with E-state index >= 15 is 0 Å². The molecule has 0 aromatic carbocycles. The van der Waals surface area contributed by atoms with Gasteiger partial charge in [0.25, 0.3) is 5.91 Å².